The number of thiophene rings is 1. The van der Waals surface area contributed by atoms with Crippen molar-refractivity contribution in [1.29, 1.82) is 0 Å². The summed E-state index contributed by atoms with van der Waals surface area (Å²) in [5.41, 5.74) is 0.888. The van der Waals surface area contributed by atoms with Crippen LogP contribution in [0.15, 0.2) is 17.5 Å². The zero-order chi connectivity index (χ0) is 15.9. The van der Waals surface area contributed by atoms with Crippen LogP contribution in [-0.4, -0.2) is 41.6 Å². The average molecular weight is 322 g/mol. The minimum Gasteiger partial charge on any atom is -0.392 e. The lowest BCUT2D eigenvalue weighted by atomic mass is 10.0. The van der Waals surface area contributed by atoms with E-state index in [-0.39, 0.29) is 12.5 Å². The van der Waals surface area contributed by atoms with Gasteiger partial charge in [0, 0.05) is 23.5 Å². The van der Waals surface area contributed by atoms with Gasteiger partial charge in [0.2, 0.25) is 5.91 Å². The maximum atomic E-state index is 12.0. The molecule has 0 spiro atoms. The molecule has 1 fully saturated rings. The van der Waals surface area contributed by atoms with Crippen molar-refractivity contribution in [1.82, 2.24) is 10.2 Å². The Morgan fingerprint density at radius 1 is 1.45 bits per heavy atom. The van der Waals surface area contributed by atoms with Gasteiger partial charge in [-0.25, -0.2) is 0 Å². The van der Waals surface area contributed by atoms with Crippen LogP contribution in [0, 0.1) is 5.92 Å². The fourth-order valence-electron chi connectivity index (χ4n) is 2.85. The van der Waals surface area contributed by atoms with Gasteiger partial charge in [0.05, 0.1) is 6.61 Å². The Labute approximate surface area is 136 Å². The van der Waals surface area contributed by atoms with E-state index < -0.39 is 0 Å². The number of nitrogens with one attached hydrogen (secondary N) is 1. The molecule has 2 heterocycles. The fourth-order valence-corrected chi connectivity index (χ4v) is 3.64. The summed E-state index contributed by atoms with van der Waals surface area (Å²) >= 11 is 1.53. The van der Waals surface area contributed by atoms with Crippen molar-refractivity contribution in [2.45, 2.75) is 39.3 Å². The second-order valence-electron chi connectivity index (χ2n) is 6.15. The summed E-state index contributed by atoms with van der Waals surface area (Å²) < 4.78 is 0. The van der Waals surface area contributed by atoms with E-state index in [2.05, 4.69) is 24.1 Å². The van der Waals surface area contributed by atoms with Gasteiger partial charge in [-0.15, -0.1) is 11.3 Å². The molecular formula is C17H26N2O2S. The first-order valence-corrected chi connectivity index (χ1v) is 8.86. The lowest BCUT2D eigenvalue weighted by Crippen LogP contribution is -2.45. The Hall–Kier alpha value is -1.17. The van der Waals surface area contributed by atoms with E-state index in [0.717, 1.165) is 23.5 Å². The number of carbonyl (C=O) groups is 1. The molecule has 2 rings (SSSR count). The zero-order valence-corrected chi connectivity index (χ0v) is 14.2. The maximum Gasteiger partial charge on any atom is 0.244 e. The van der Waals surface area contributed by atoms with Crippen molar-refractivity contribution in [3.05, 3.63) is 28.0 Å². The molecule has 1 aliphatic heterocycles. The number of aliphatic hydroxyl groups excluding tert-OH is 1. The number of rotatable bonds is 7. The molecule has 1 saturated heterocycles. The third-order valence-electron chi connectivity index (χ3n) is 4.12. The van der Waals surface area contributed by atoms with E-state index in [1.165, 1.54) is 24.2 Å². The molecule has 0 saturated carbocycles. The summed E-state index contributed by atoms with van der Waals surface area (Å²) in [7, 11) is 0. The molecule has 1 amide bonds. The number of nitrogens with zero attached hydrogens (tertiary/aromatic N) is 1. The highest BCUT2D eigenvalue weighted by molar-refractivity contribution is 7.11. The minimum atomic E-state index is -0.0520. The maximum absolute atomic E-state index is 12.0. The van der Waals surface area contributed by atoms with Gasteiger partial charge in [0.15, 0.2) is 0 Å². The lowest BCUT2D eigenvalue weighted by Gasteiger charge is -2.30. The molecule has 1 aliphatic rings. The van der Waals surface area contributed by atoms with Crippen molar-refractivity contribution in [2.24, 2.45) is 5.92 Å². The molecule has 122 valence electrons. The third-order valence-corrected chi connectivity index (χ3v) is 5.07. The van der Waals surface area contributed by atoms with Gasteiger partial charge >= 0.3 is 0 Å². The number of hydrogen-bond donors (Lipinski definition) is 2. The zero-order valence-electron chi connectivity index (χ0n) is 13.4. The van der Waals surface area contributed by atoms with Gasteiger partial charge in [-0.1, -0.05) is 13.8 Å². The largest absolute Gasteiger partial charge is 0.392 e. The second kappa shape index (κ2) is 8.46. The highest BCUT2D eigenvalue weighted by atomic mass is 32.1. The monoisotopic (exact) mass is 322 g/mol. The Kier molecular flexibility index (Phi) is 6.61. The normalized spacial score (nSPS) is 17.5. The molecule has 0 radical (unpaired) electrons. The highest BCUT2D eigenvalue weighted by Gasteiger charge is 2.24. The van der Waals surface area contributed by atoms with Crippen molar-refractivity contribution >= 4 is 23.3 Å². The molecule has 0 aromatic carbocycles. The van der Waals surface area contributed by atoms with Gasteiger partial charge in [-0.3, -0.25) is 9.69 Å². The Morgan fingerprint density at radius 2 is 2.18 bits per heavy atom. The van der Waals surface area contributed by atoms with E-state index in [1.54, 1.807) is 12.2 Å². The van der Waals surface area contributed by atoms with Gasteiger partial charge < -0.3 is 10.4 Å². The van der Waals surface area contributed by atoms with Crippen molar-refractivity contribution in [3.63, 3.8) is 0 Å². The van der Waals surface area contributed by atoms with Crippen molar-refractivity contribution in [3.8, 4) is 0 Å². The Bertz CT molecular complexity index is 505. The van der Waals surface area contributed by atoms with Gasteiger partial charge in [0.1, 0.15) is 0 Å². The molecule has 2 N–H and O–H groups in total. The van der Waals surface area contributed by atoms with Crippen LogP contribution in [0.25, 0.3) is 6.08 Å². The summed E-state index contributed by atoms with van der Waals surface area (Å²) in [4.78, 5) is 15.4. The summed E-state index contributed by atoms with van der Waals surface area (Å²) in [6.45, 7) is 7.47. The molecule has 4 nitrogen and oxygen atoms in total. The van der Waals surface area contributed by atoms with Crippen molar-refractivity contribution < 1.29 is 9.90 Å². The van der Waals surface area contributed by atoms with Gasteiger partial charge in [-0.05, 0) is 54.9 Å². The molecule has 1 aromatic rings. The average Bonchev–Trinajstić information content (AvgIpc) is 3.16. The minimum absolute atomic E-state index is 0.0441. The molecule has 1 unspecified atom stereocenters. The van der Waals surface area contributed by atoms with Crippen LogP contribution in [0.2, 0.25) is 0 Å². The van der Waals surface area contributed by atoms with E-state index in [9.17, 15) is 4.79 Å². The topological polar surface area (TPSA) is 52.6 Å². The first kappa shape index (κ1) is 17.2. The summed E-state index contributed by atoms with van der Waals surface area (Å²) in [5.74, 6) is 0.482. The summed E-state index contributed by atoms with van der Waals surface area (Å²) in [6.07, 6.45) is 5.92. The predicted octanol–water partition coefficient (Wildman–Crippen LogP) is 2.49. The van der Waals surface area contributed by atoms with E-state index in [1.807, 2.05) is 11.4 Å². The smallest absolute Gasteiger partial charge is 0.244 e. The SMILES string of the molecule is CC(C)C(CNC(=O)C=Cc1cc(CO)cs1)N1CCCC1. The third kappa shape index (κ3) is 4.93. The van der Waals surface area contributed by atoms with E-state index in [4.69, 9.17) is 5.11 Å². The molecular weight excluding hydrogens is 296 g/mol. The van der Waals surface area contributed by atoms with Gasteiger partial charge in [0.25, 0.3) is 0 Å². The van der Waals surface area contributed by atoms with Crippen LogP contribution < -0.4 is 5.32 Å². The quantitative estimate of drug-likeness (QED) is 0.758. The van der Waals surface area contributed by atoms with Crippen LogP contribution in [0.4, 0.5) is 0 Å². The molecule has 1 aromatic heterocycles. The predicted molar refractivity (Wildman–Crippen MR) is 91.7 cm³/mol. The molecule has 5 heteroatoms. The van der Waals surface area contributed by atoms with Crippen LogP contribution in [0.5, 0.6) is 0 Å². The molecule has 0 aliphatic carbocycles. The first-order valence-electron chi connectivity index (χ1n) is 7.98. The first-order chi connectivity index (χ1) is 10.6. The summed E-state index contributed by atoms with van der Waals surface area (Å²) in [5, 5.41) is 14.0. The molecule has 0 bridgehead atoms. The Morgan fingerprint density at radius 3 is 2.77 bits per heavy atom. The van der Waals surface area contributed by atoms with E-state index in [0.29, 0.717) is 18.5 Å². The van der Waals surface area contributed by atoms with Crippen LogP contribution in [0.3, 0.4) is 0 Å². The van der Waals surface area contributed by atoms with E-state index >= 15 is 0 Å². The molecule has 22 heavy (non-hydrogen) atoms. The van der Waals surface area contributed by atoms with Crippen LogP contribution in [0.1, 0.15) is 37.1 Å². The lowest BCUT2D eigenvalue weighted by molar-refractivity contribution is -0.116. The Balaban J connectivity index is 1.82. The number of amides is 1. The summed E-state index contributed by atoms with van der Waals surface area (Å²) in [6, 6.07) is 2.32. The van der Waals surface area contributed by atoms with Crippen molar-refractivity contribution in [2.75, 3.05) is 19.6 Å². The van der Waals surface area contributed by atoms with Gasteiger partial charge in [-0.2, -0.15) is 0 Å². The number of aliphatic hydroxyl groups is 1. The number of carbonyl (C=O) groups excluding carboxylic acids is 1. The van der Waals surface area contributed by atoms with Crippen LogP contribution in [-0.2, 0) is 11.4 Å². The molecule has 1 atom stereocenters. The fraction of sp³-hybridized carbons (Fsp3) is 0.588. The highest BCUT2D eigenvalue weighted by Crippen LogP contribution is 2.18. The number of likely N-dealkylation sites (tertiary alicyclic amines) is 1. The number of hydrogen-bond acceptors (Lipinski definition) is 4. The second-order valence-corrected chi connectivity index (χ2v) is 7.09. The standard InChI is InChI=1S/C17H26N2O2S/c1-13(2)16(19-7-3-4-8-19)10-18-17(21)6-5-15-9-14(11-20)12-22-15/h5-6,9,12-13,16,20H,3-4,7-8,10-11H2,1-2H3,(H,18,21). The van der Waals surface area contributed by atoms with Crippen LogP contribution >= 0.6 is 11.3 Å².